The number of benzene rings is 2. The Morgan fingerprint density at radius 1 is 1.26 bits per heavy atom. The molecule has 0 saturated carbocycles. The highest BCUT2D eigenvalue weighted by Gasteiger charge is 2.49. The molecule has 12 heteroatoms. The van der Waals surface area contributed by atoms with E-state index in [-0.39, 0.29) is 59.3 Å². The molecule has 0 amide bonds. The van der Waals surface area contributed by atoms with E-state index in [2.05, 4.69) is 25.2 Å². The summed E-state index contributed by atoms with van der Waals surface area (Å²) in [6.45, 7) is 3.20. The number of nitrogens with zero attached hydrogens (tertiary/aromatic N) is 4. The molecule has 6 rings (SSSR count). The molecule has 2 N–H and O–H groups in total. The maximum Gasteiger partial charge on any atom is 0.319 e. The smallest absolute Gasteiger partial charge is 0.319 e. The van der Waals surface area contributed by atoms with Crippen molar-refractivity contribution in [3.05, 3.63) is 47.7 Å². The van der Waals surface area contributed by atoms with Crippen molar-refractivity contribution in [3.63, 3.8) is 0 Å². The fraction of sp³-hybridized carbons (Fsp3) is 0.419. The second-order valence-electron chi connectivity index (χ2n) is 11.1. The molecule has 0 unspecified atom stereocenters. The number of alkyl halides is 1. The largest absolute Gasteiger partial charge is 0.508 e. The number of hydrogen-bond acceptors (Lipinski definition) is 9. The minimum atomic E-state index is -0.946. The molecule has 2 saturated heterocycles. The van der Waals surface area contributed by atoms with Crippen LogP contribution in [0.3, 0.4) is 0 Å². The Hall–Kier alpha value is -4.19. The maximum absolute atomic E-state index is 16.5. The zero-order valence-corrected chi connectivity index (χ0v) is 23.9. The first-order valence-corrected chi connectivity index (χ1v) is 14.4. The molecule has 4 heterocycles. The number of phenolic OH excluding ortho intramolecular Hbond substituents is 1. The first-order valence-electron chi connectivity index (χ1n) is 14.4. The third kappa shape index (κ3) is 5.28. The summed E-state index contributed by atoms with van der Waals surface area (Å²) in [5, 5.41) is 14.7. The van der Waals surface area contributed by atoms with Crippen LogP contribution in [0.15, 0.2) is 30.5 Å². The number of aromatic nitrogens is 3. The van der Waals surface area contributed by atoms with Crippen LogP contribution < -0.4 is 10.1 Å². The molecule has 2 aliphatic heterocycles. The minimum absolute atomic E-state index is 0.0305. The number of carbonyl (C=O) groups is 1. The van der Waals surface area contributed by atoms with E-state index in [0.29, 0.717) is 35.7 Å². The number of nitrogens with one attached hydrogen (secondary N) is 1. The van der Waals surface area contributed by atoms with Gasteiger partial charge >= 0.3 is 12.0 Å². The minimum Gasteiger partial charge on any atom is -0.508 e. The maximum atomic E-state index is 16.5. The van der Waals surface area contributed by atoms with Crippen molar-refractivity contribution in [1.82, 2.24) is 19.9 Å². The average Bonchev–Trinajstić information content (AvgIpc) is 3.52. The molecule has 2 atom stereocenters. The van der Waals surface area contributed by atoms with Gasteiger partial charge < -0.3 is 19.9 Å². The molecule has 2 fully saturated rings. The van der Waals surface area contributed by atoms with Crippen LogP contribution in [0.5, 0.6) is 11.8 Å². The number of esters is 1. The number of pyridine rings is 1. The Morgan fingerprint density at radius 3 is 2.88 bits per heavy atom. The van der Waals surface area contributed by atoms with Gasteiger partial charge in [-0.2, -0.15) is 9.97 Å². The van der Waals surface area contributed by atoms with Gasteiger partial charge in [0, 0.05) is 31.3 Å². The average molecular weight is 596 g/mol. The Kier molecular flexibility index (Phi) is 7.72. The van der Waals surface area contributed by atoms with E-state index in [1.165, 1.54) is 37.6 Å². The van der Waals surface area contributed by atoms with E-state index >= 15 is 4.39 Å². The molecule has 0 aliphatic carbocycles. The van der Waals surface area contributed by atoms with Crippen LogP contribution in [0.1, 0.15) is 38.2 Å². The van der Waals surface area contributed by atoms with Gasteiger partial charge in [0.1, 0.15) is 41.4 Å². The van der Waals surface area contributed by atoms with Gasteiger partial charge in [-0.05, 0) is 60.3 Å². The summed E-state index contributed by atoms with van der Waals surface area (Å²) in [5.41, 5.74) is -0.131. The molecule has 0 spiro atoms. The zero-order valence-electron chi connectivity index (χ0n) is 23.9. The van der Waals surface area contributed by atoms with Crippen LogP contribution in [0.2, 0.25) is 0 Å². The molecule has 43 heavy (non-hydrogen) atoms. The Morgan fingerprint density at radius 2 is 2.09 bits per heavy atom. The Labute approximate surface area is 246 Å². The number of halogens is 3. The van der Waals surface area contributed by atoms with Gasteiger partial charge in [0.2, 0.25) is 0 Å². The van der Waals surface area contributed by atoms with E-state index in [1.54, 1.807) is 6.92 Å². The van der Waals surface area contributed by atoms with Crippen LogP contribution in [0, 0.1) is 11.6 Å². The second-order valence-corrected chi connectivity index (χ2v) is 11.1. The second kappa shape index (κ2) is 11.5. The summed E-state index contributed by atoms with van der Waals surface area (Å²) in [4.78, 5) is 27.0. The summed E-state index contributed by atoms with van der Waals surface area (Å²) in [5.74, 6) is -1.63. The summed E-state index contributed by atoms with van der Waals surface area (Å²) in [7, 11) is 1.28. The van der Waals surface area contributed by atoms with Gasteiger partial charge in [0.15, 0.2) is 5.82 Å². The summed E-state index contributed by atoms with van der Waals surface area (Å²) < 4.78 is 56.4. The van der Waals surface area contributed by atoms with E-state index in [4.69, 9.17) is 9.47 Å². The van der Waals surface area contributed by atoms with Crippen LogP contribution in [0.25, 0.3) is 32.9 Å². The van der Waals surface area contributed by atoms with Crippen LogP contribution in [0.4, 0.5) is 19.0 Å². The lowest BCUT2D eigenvalue weighted by molar-refractivity contribution is -0.140. The molecule has 0 bridgehead atoms. The third-order valence-corrected chi connectivity index (χ3v) is 8.51. The number of hydrogen-bond donors (Lipinski definition) is 2. The molecule has 2 aliphatic rings. The number of carbonyl (C=O) groups excluding carboxylic acids is 1. The van der Waals surface area contributed by atoms with Crippen molar-refractivity contribution in [2.24, 2.45) is 0 Å². The van der Waals surface area contributed by atoms with Crippen LogP contribution >= 0.6 is 0 Å². The van der Waals surface area contributed by atoms with Crippen molar-refractivity contribution in [1.29, 1.82) is 0 Å². The molecular formula is C31H32F3N5O4. The molecule has 9 nitrogen and oxygen atoms in total. The summed E-state index contributed by atoms with van der Waals surface area (Å²) in [6, 6.07) is 5.57. The summed E-state index contributed by atoms with van der Waals surface area (Å²) in [6.07, 6.45) is 2.85. The highest BCUT2D eigenvalue weighted by atomic mass is 19.1. The molecule has 2 aromatic carbocycles. The van der Waals surface area contributed by atoms with Crippen LogP contribution in [-0.2, 0) is 16.0 Å². The first kappa shape index (κ1) is 28.9. The van der Waals surface area contributed by atoms with Gasteiger partial charge in [0.25, 0.3) is 0 Å². The molecular weight excluding hydrogens is 563 g/mol. The Bertz CT molecular complexity index is 1720. The van der Waals surface area contributed by atoms with Crippen molar-refractivity contribution in [2.75, 3.05) is 38.7 Å². The molecule has 226 valence electrons. The normalized spacial score (nSPS) is 20.1. The fourth-order valence-electron chi connectivity index (χ4n) is 6.49. The van der Waals surface area contributed by atoms with Crippen molar-refractivity contribution >= 4 is 33.5 Å². The molecule has 2 aromatic heterocycles. The number of aromatic hydroxyl groups is 1. The van der Waals surface area contributed by atoms with E-state index in [0.717, 1.165) is 19.4 Å². The number of rotatable bonds is 9. The highest BCUT2D eigenvalue weighted by molar-refractivity contribution is 6.01. The van der Waals surface area contributed by atoms with Crippen molar-refractivity contribution < 1.29 is 32.5 Å². The number of methoxy groups -OCH3 is 1. The quantitative estimate of drug-likeness (QED) is 0.249. The van der Waals surface area contributed by atoms with E-state index < -0.39 is 29.3 Å². The van der Waals surface area contributed by atoms with Crippen molar-refractivity contribution in [3.8, 4) is 23.0 Å². The van der Waals surface area contributed by atoms with Gasteiger partial charge in [-0.25, -0.2) is 13.2 Å². The number of phenols is 1. The number of anilines is 1. The third-order valence-electron chi connectivity index (χ3n) is 8.51. The lowest BCUT2D eigenvalue weighted by Gasteiger charge is -2.30. The van der Waals surface area contributed by atoms with E-state index in [1.807, 2.05) is 0 Å². The monoisotopic (exact) mass is 595 g/mol. The topological polar surface area (TPSA) is 110 Å². The van der Waals surface area contributed by atoms with Gasteiger partial charge in [-0.1, -0.05) is 13.0 Å². The van der Waals surface area contributed by atoms with E-state index in [9.17, 15) is 18.7 Å². The van der Waals surface area contributed by atoms with Crippen molar-refractivity contribution in [2.45, 2.75) is 50.7 Å². The van der Waals surface area contributed by atoms with Gasteiger partial charge in [0.05, 0.1) is 24.5 Å². The van der Waals surface area contributed by atoms with Gasteiger partial charge in [-0.3, -0.25) is 14.7 Å². The van der Waals surface area contributed by atoms with Gasteiger partial charge in [-0.15, -0.1) is 0 Å². The lowest BCUT2D eigenvalue weighted by Crippen LogP contribution is -2.43. The molecule has 0 radical (unpaired) electrons. The number of aryl methyl sites for hydroxylation is 1. The lowest BCUT2D eigenvalue weighted by atomic mass is 9.94. The Balaban J connectivity index is 1.45. The summed E-state index contributed by atoms with van der Waals surface area (Å²) >= 11 is 0. The molecule has 4 aromatic rings. The standard InChI is InChI=1S/C31H32F3N5O4/c1-3-20-23(33)6-5-17-11-19(40)12-21(25(17)20)27-26(34)28-22(14-36-27)29(35-9-7-24(41)42-2)38-30(37-28)43-16-31-8-4-10-39(31)15-18(32)13-31/h5-6,11-12,14,18,40H,3-4,7-10,13,15-16H2,1-2H3,(H,35,37,38)/t18-,31+/m1/s1. The fourth-order valence-corrected chi connectivity index (χ4v) is 6.49. The van der Waals surface area contributed by atoms with Crippen LogP contribution in [-0.4, -0.2) is 76.0 Å². The number of ether oxygens (including phenoxy) is 2. The zero-order chi connectivity index (χ0) is 30.3. The predicted molar refractivity (Wildman–Crippen MR) is 155 cm³/mol. The predicted octanol–water partition coefficient (Wildman–Crippen LogP) is 5.32. The first-order chi connectivity index (χ1) is 20.7. The SMILES string of the molecule is CCc1c(F)ccc2cc(O)cc(-c3ncc4c(NCCC(=O)OC)nc(OC[C@@]56CCCN5C[C@H](F)C6)nc4c3F)c12. The number of fused-ring (bicyclic) bond motifs is 3. The highest BCUT2D eigenvalue weighted by Crippen LogP contribution is 2.41.